The Morgan fingerprint density at radius 2 is 2.33 bits per heavy atom. The fourth-order valence-electron chi connectivity index (χ4n) is 1.49. The molecule has 0 saturated heterocycles. The van der Waals surface area contributed by atoms with Gasteiger partial charge >= 0.3 is 0 Å². The van der Waals surface area contributed by atoms with Crippen molar-refractivity contribution in [1.82, 2.24) is 15.3 Å². The van der Waals surface area contributed by atoms with Crippen LogP contribution in [0.2, 0.25) is 0 Å². The number of hydrogen-bond acceptors (Lipinski definition) is 4. The molecule has 82 valence electrons. The minimum absolute atomic E-state index is 0.783. The van der Waals surface area contributed by atoms with E-state index >= 15 is 0 Å². The highest BCUT2D eigenvalue weighted by atomic mass is 15.2. The average molecular weight is 206 g/mol. The molecular weight excluding hydrogens is 188 g/mol. The van der Waals surface area contributed by atoms with Gasteiger partial charge in [0.2, 0.25) is 0 Å². The third-order valence-corrected chi connectivity index (χ3v) is 2.61. The predicted octanol–water partition coefficient (Wildman–Crippen LogP) is 0.973. The highest BCUT2D eigenvalue weighted by molar-refractivity contribution is 5.35. The third kappa shape index (κ3) is 3.16. The summed E-state index contributed by atoms with van der Waals surface area (Å²) in [5.41, 5.74) is 0. The number of aryl methyl sites for hydroxylation is 1. The van der Waals surface area contributed by atoms with E-state index in [0.717, 1.165) is 30.8 Å². The van der Waals surface area contributed by atoms with Gasteiger partial charge in [-0.3, -0.25) is 0 Å². The second-order valence-corrected chi connectivity index (χ2v) is 4.11. The Labute approximate surface area is 90.7 Å². The van der Waals surface area contributed by atoms with Crippen LogP contribution in [-0.4, -0.2) is 36.1 Å². The molecular formula is C11H18N4. The first-order valence-electron chi connectivity index (χ1n) is 5.50. The van der Waals surface area contributed by atoms with Crippen LogP contribution in [0.15, 0.2) is 12.3 Å². The Hall–Kier alpha value is -1.16. The summed E-state index contributed by atoms with van der Waals surface area (Å²) >= 11 is 0. The van der Waals surface area contributed by atoms with Gasteiger partial charge < -0.3 is 10.2 Å². The molecule has 1 N–H and O–H groups in total. The van der Waals surface area contributed by atoms with Gasteiger partial charge in [0.15, 0.2) is 0 Å². The van der Waals surface area contributed by atoms with Crippen molar-refractivity contribution in [2.24, 2.45) is 0 Å². The molecule has 0 radical (unpaired) electrons. The monoisotopic (exact) mass is 206 g/mol. The molecule has 1 heterocycles. The molecule has 4 nitrogen and oxygen atoms in total. The van der Waals surface area contributed by atoms with Crippen molar-refractivity contribution in [3.05, 3.63) is 18.1 Å². The molecule has 0 aliphatic heterocycles. The van der Waals surface area contributed by atoms with Gasteiger partial charge in [0.1, 0.15) is 11.6 Å². The van der Waals surface area contributed by atoms with Crippen molar-refractivity contribution in [3.8, 4) is 0 Å². The normalized spacial score (nSPS) is 15.3. The van der Waals surface area contributed by atoms with Crippen LogP contribution < -0.4 is 10.2 Å². The molecule has 0 amide bonds. The van der Waals surface area contributed by atoms with Crippen molar-refractivity contribution >= 4 is 5.82 Å². The fraction of sp³-hybridized carbons (Fsp3) is 0.636. The summed E-state index contributed by atoms with van der Waals surface area (Å²) in [6.07, 6.45) is 4.50. The number of nitrogens with one attached hydrogen (secondary N) is 1. The van der Waals surface area contributed by atoms with Crippen molar-refractivity contribution in [3.63, 3.8) is 0 Å². The molecule has 15 heavy (non-hydrogen) atoms. The van der Waals surface area contributed by atoms with E-state index in [9.17, 15) is 0 Å². The van der Waals surface area contributed by atoms with Gasteiger partial charge in [-0.05, 0) is 25.8 Å². The van der Waals surface area contributed by atoms with Crippen molar-refractivity contribution < 1.29 is 0 Å². The molecule has 1 saturated carbocycles. The fourth-order valence-corrected chi connectivity index (χ4v) is 1.49. The molecule has 0 atom stereocenters. The van der Waals surface area contributed by atoms with Crippen molar-refractivity contribution in [2.45, 2.75) is 25.8 Å². The molecule has 1 aromatic heterocycles. The van der Waals surface area contributed by atoms with Gasteiger partial charge in [-0.1, -0.05) is 0 Å². The van der Waals surface area contributed by atoms with Gasteiger partial charge in [0.05, 0.1) is 0 Å². The maximum Gasteiger partial charge on any atom is 0.132 e. The quantitative estimate of drug-likeness (QED) is 0.779. The Morgan fingerprint density at radius 3 is 3.00 bits per heavy atom. The molecule has 4 heteroatoms. The summed E-state index contributed by atoms with van der Waals surface area (Å²) in [6.45, 7) is 3.94. The molecule has 0 spiro atoms. The average Bonchev–Trinajstić information content (AvgIpc) is 3.01. The number of rotatable bonds is 5. The molecule has 2 rings (SSSR count). The molecule has 0 aromatic carbocycles. The molecule has 0 unspecified atom stereocenters. The van der Waals surface area contributed by atoms with Crippen LogP contribution in [0, 0.1) is 6.92 Å². The lowest BCUT2D eigenvalue weighted by Crippen LogP contribution is -2.30. The number of likely N-dealkylation sites (N-methyl/N-ethyl adjacent to an activating group) is 1. The van der Waals surface area contributed by atoms with E-state index in [2.05, 4.69) is 27.2 Å². The van der Waals surface area contributed by atoms with Crippen molar-refractivity contribution in [1.29, 1.82) is 0 Å². The van der Waals surface area contributed by atoms with Crippen molar-refractivity contribution in [2.75, 3.05) is 25.0 Å². The van der Waals surface area contributed by atoms with Gasteiger partial charge in [0.25, 0.3) is 0 Å². The Morgan fingerprint density at radius 1 is 1.53 bits per heavy atom. The minimum Gasteiger partial charge on any atom is -0.358 e. The zero-order valence-electron chi connectivity index (χ0n) is 9.40. The Balaban J connectivity index is 1.80. The second kappa shape index (κ2) is 4.57. The highest BCUT2D eigenvalue weighted by Gasteiger charge is 2.19. The molecule has 1 fully saturated rings. The Kier molecular flexibility index (Phi) is 3.16. The van der Waals surface area contributed by atoms with E-state index in [1.807, 2.05) is 19.2 Å². The van der Waals surface area contributed by atoms with E-state index in [0.29, 0.717) is 0 Å². The zero-order chi connectivity index (χ0) is 10.7. The zero-order valence-corrected chi connectivity index (χ0v) is 9.40. The third-order valence-electron chi connectivity index (χ3n) is 2.61. The smallest absolute Gasteiger partial charge is 0.132 e. The van der Waals surface area contributed by atoms with E-state index in [1.54, 1.807) is 0 Å². The van der Waals surface area contributed by atoms with Gasteiger partial charge in [-0.25, -0.2) is 9.97 Å². The Bertz CT molecular complexity index is 322. The van der Waals surface area contributed by atoms with Crippen LogP contribution in [0.4, 0.5) is 5.82 Å². The first kappa shape index (κ1) is 10.4. The predicted molar refractivity (Wildman–Crippen MR) is 61.1 cm³/mol. The summed E-state index contributed by atoms with van der Waals surface area (Å²) in [4.78, 5) is 10.6. The van der Waals surface area contributed by atoms with E-state index in [4.69, 9.17) is 0 Å². The first-order chi connectivity index (χ1) is 7.25. The van der Waals surface area contributed by atoms with E-state index < -0.39 is 0 Å². The first-order valence-corrected chi connectivity index (χ1v) is 5.50. The summed E-state index contributed by atoms with van der Waals surface area (Å²) in [5, 5.41) is 3.49. The van der Waals surface area contributed by atoms with Crippen LogP contribution >= 0.6 is 0 Å². The maximum absolute atomic E-state index is 4.37. The van der Waals surface area contributed by atoms with E-state index in [1.165, 1.54) is 12.8 Å². The lowest BCUT2D eigenvalue weighted by atomic mass is 10.4. The van der Waals surface area contributed by atoms with E-state index in [-0.39, 0.29) is 0 Å². The van der Waals surface area contributed by atoms with Gasteiger partial charge in [0, 0.05) is 32.4 Å². The van der Waals surface area contributed by atoms with Crippen LogP contribution in [0.1, 0.15) is 18.7 Å². The largest absolute Gasteiger partial charge is 0.358 e. The number of anilines is 1. The lowest BCUT2D eigenvalue weighted by molar-refractivity contribution is 0.672. The number of nitrogens with zero attached hydrogens (tertiary/aromatic N) is 3. The SMILES string of the molecule is Cc1nccc(N(C)CCNC2CC2)n1. The maximum atomic E-state index is 4.37. The molecule has 1 aromatic rings. The van der Waals surface area contributed by atoms with Crippen LogP contribution in [0.25, 0.3) is 0 Å². The van der Waals surface area contributed by atoms with Gasteiger partial charge in [-0.15, -0.1) is 0 Å². The van der Waals surface area contributed by atoms with Crippen LogP contribution in [0.3, 0.4) is 0 Å². The standard InChI is InChI=1S/C11H18N4/c1-9-12-6-5-11(14-9)15(2)8-7-13-10-3-4-10/h5-6,10,13H,3-4,7-8H2,1-2H3. The molecule has 1 aliphatic carbocycles. The van der Waals surface area contributed by atoms with Crippen LogP contribution in [0.5, 0.6) is 0 Å². The molecule has 0 bridgehead atoms. The number of hydrogen-bond donors (Lipinski definition) is 1. The summed E-state index contributed by atoms with van der Waals surface area (Å²) in [6, 6.07) is 2.73. The lowest BCUT2D eigenvalue weighted by Gasteiger charge is -2.18. The molecule has 1 aliphatic rings. The second-order valence-electron chi connectivity index (χ2n) is 4.11. The van der Waals surface area contributed by atoms with Crippen LogP contribution in [-0.2, 0) is 0 Å². The summed E-state index contributed by atoms with van der Waals surface area (Å²) < 4.78 is 0. The van der Waals surface area contributed by atoms with Gasteiger partial charge in [-0.2, -0.15) is 0 Å². The summed E-state index contributed by atoms with van der Waals surface area (Å²) in [7, 11) is 2.07. The highest BCUT2D eigenvalue weighted by Crippen LogP contribution is 2.18. The number of aromatic nitrogens is 2. The topological polar surface area (TPSA) is 41.1 Å². The summed E-state index contributed by atoms with van der Waals surface area (Å²) in [5.74, 6) is 1.83. The minimum atomic E-state index is 0.783.